The largest absolute Gasteiger partial charge is 0.465 e. The number of anilines is 1. The minimum absolute atomic E-state index is 0.0305. The van der Waals surface area contributed by atoms with E-state index in [0.29, 0.717) is 0 Å². The molecule has 0 radical (unpaired) electrons. The first kappa shape index (κ1) is 18.4. The fourth-order valence-corrected chi connectivity index (χ4v) is 1.90. The Morgan fingerprint density at radius 2 is 2.08 bits per heavy atom. The predicted octanol–water partition coefficient (Wildman–Crippen LogP) is 2.67. The van der Waals surface area contributed by atoms with E-state index in [0.717, 1.165) is 0 Å². The fourth-order valence-electron chi connectivity index (χ4n) is 1.90. The number of nitrogens with zero attached hydrogens (tertiary/aromatic N) is 2. The van der Waals surface area contributed by atoms with Gasteiger partial charge in [-0.25, -0.2) is 4.79 Å². The van der Waals surface area contributed by atoms with Crippen molar-refractivity contribution in [2.24, 2.45) is 0 Å². The molecule has 0 saturated heterocycles. The van der Waals surface area contributed by atoms with Crippen LogP contribution in [0.1, 0.15) is 12.7 Å². The minimum atomic E-state index is -1.28. The Morgan fingerprint density at radius 1 is 1.35 bits per heavy atom. The van der Waals surface area contributed by atoms with Crippen LogP contribution in [0.2, 0.25) is 0 Å². The van der Waals surface area contributed by atoms with E-state index >= 15 is 0 Å². The molecule has 1 aromatic carbocycles. The van der Waals surface area contributed by atoms with E-state index in [1.165, 1.54) is 49.6 Å². The highest BCUT2D eigenvalue weighted by atomic mass is 16.6. The van der Waals surface area contributed by atoms with Crippen LogP contribution in [0.15, 0.2) is 52.7 Å². The van der Waals surface area contributed by atoms with Crippen molar-refractivity contribution in [1.29, 1.82) is 5.26 Å². The smallest absolute Gasteiger partial charge is 0.349 e. The molecule has 132 valence electrons. The van der Waals surface area contributed by atoms with Gasteiger partial charge in [0.05, 0.1) is 11.2 Å². The number of hydrogen-bond donors (Lipinski definition) is 1. The van der Waals surface area contributed by atoms with E-state index in [9.17, 15) is 19.7 Å². The van der Waals surface area contributed by atoms with Crippen LogP contribution in [-0.2, 0) is 14.3 Å². The molecule has 0 unspecified atom stereocenters. The number of nitriles is 1. The van der Waals surface area contributed by atoms with Gasteiger partial charge in [0.15, 0.2) is 6.10 Å². The van der Waals surface area contributed by atoms with Crippen molar-refractivity contribution in [2.75, 3.05) is 5.32 Å². The summed E-state index contributed by atoms with van der Waals surface area (Å²) in [4.78, 5) is 34.4. The van der Waals surface area contributed by atoms with Gasteiger partial charge in [-0.15, -0.1) is 0 Å². The second-order valence-electron chi connectivity index (χ2n) is 5.00. The van der Waals surface area contributed by atoms with E-state index < -0.39 is 22.9 Å². The monoisotopic (exact) mass is 355 g/mol. The summed E-state index contributed by atoms with van der Waals surface area (Å²) in [7, 11) is 0. The molecule has 0 fully saturated rings. The molecule has 0 aliphatic heterocycles. The number of esters is 1. The van der Waals surface area contributed by atoms with Crippen molar-refractivity contribution in [3.63, 3.8) is 0 Å². The van der Waals surface area contributed by atoms with Gasteiger partial charge in [-0.05, 0) is 25.1 Å². The normalized spacial score (nSPS) is 11.9. The molecular formula is C17H13N3O6. The number of hydrogen-bond acceptors (Lipinski definition) is 7. The SMILES string of the molecule is C[C@H](OC(=O)/C(C#N)=C/c1ccco1)C(=O)Nc1ccccc1[N+](=O)[O-]. The van der Waals surface area contributed by atoms with E-state index in [-0.39, 0.29) is 22.7 Å². The molecule has 0 bridgehead atoms. The van der Waals surface area contributed by atoms with Gasteiger partial charge in [-0.1, -0.05) is 12.1 Å². The maximum Gasteiger partial charge on any atom is 0.349 e. The first-order chi connectivity index (χ1) is 12.4. The number of nitro groups is 1. The highest BCUT2D eigenvalue weighted by molar-refractivity contribution is 6.01. The van der Waals surface area contributed by atoms with Crippen molar-refractivity contribution in [3.05, 3.63) is 64.1 Å². The highest BCUT2D eigenvalue weighted by Gasteiger charge is 2.23. The lowest BCUT2D eigenvalue weighted by molar-refractivity contribution is -0.383. The number of amides is 1. The molecule has 2 rings (SSSR count). The number of nitrogens with one attached hydrogen (secondary N) is 1. The van der Waals surface area contributed by atoms with Crippen molar-refractivity contribution < 1.29 is 23.7 Å². The van der Waals surface area contributed by atoms with Gasteiger partial charge in [0.1, 0.15) is 23.1 Å². The topological polar surface area (TPSA) is 135 Å². The van der Waals surface area contributed by atoms with Crippen molar-refractivity contribution in [1.82, 2.24) is 0 Å². The molecule has 1 aromatic heterocycles. The number of benzene rings is 1. The van der Waals surface area contributed by atoms with Crippen LogP contribution in [0.25, 0.3) is 6.08 Å². The third-order valence-corrected chi connectivity index (χ3v) is 3.18. The van der Waals surface area contributed by atoms with Gasteiger partial charge in [-0.3, -0.25) is 14.9 Å². The minimum Gasteiger partial charge on any atom is -0.465 e. The maximum absolute atomic E-state index is 12.1. The Morgan fingerprint density at radius 3 is 2.69 bits per heavy atom. The standard InChI is InChI=1S/C17H13N3O6/c1-11(16(21)19-14-6-2-3-7-15(14)20(23)24)26-17(22)12(10-18)9-13-5-4-8-25-13/h2-9,11H,1H3,(H,19,21)/b12-9+/t11-/m0/s1. The van der Waals surface area contributed by atoms with Crippen molar-refractivity contribution in [2.45, 2.75) is 13.0 Å². The lowest BCUT2D eigenvalue weighted by Crippen LogP contribution is -2.30. The predicted molar refractivity (Wildman–Crippen MR) is 89.6 cm³/mol. The Balaban J connectivity index is 2.06. The van der Waals surface area contributed by atoms with E-state index in [1.54, 1.807) is 12.1 Å². The zero-order chi connectivity index (χ0) is 19.1. The maximum atomic E-state index is 12.1. The number of rotatable bonds is 6. The molecule has 0 saturated carbocycles. The summed E-state index contributed by atoms with van der Waals surface area (Å²) in [6.45, 7) is 1.28. The Hall–Kier alpha value is -3.93. The lowest BCUT2D eigenvalue weighted by Gasteiger charge is -2.13. The molecule has 26 heavy (non-hydrogen) atoms. The molecular weight excluding hydrogens is 342 g/mol. The number of carbonyl (C=O) groups excluding carboxylic acids is 2. The molecule has 0 aliphatic carbocycles. The molecule has 0 aliphatic rings. The zero-order valence-corrected chi connectivity index (χ0v) is 13.5. The van der Waals surface area contributed by atoms with Crippen LogP contribution in [0, 0.1) is 21.4 Å². The molecule has 1 amide bonds. The quantitative estimate of drug-likeness (QED) is 0.276. The van der Waals surface area contributed by atoms with Crippen LogP contribution in [0.5, 0.6) is 0 Å². The van der Waals surface area contributed by atoms with Crippen LogP contribution in [0.4, 0.5) is 11.4 Å². The van der Waals surface area contributed by atoms with Gasteiger partial charge in [0.2, 0.25) is 0 Å². The second-order valence-corrected chi connectivity index (χ2v) is 5.00. The summed E-state index contributed by atoms with van der Waals surface area (Å²) in [5, 5.41) is 22.3. The average molecular weight is 355 g/mol. The molecule has 2 aromatic rings. The number of carbonyl (C=O) groups is 2. The van der Waals surface area contributed by atoms with Crippen molar-refractivity contribution >= 4 is 29.3 Å². The van der Waals surface area contributed by atoms with E-state index in [1.807, 2.05) is 0 Å². The van der Waals surface area contributed by atoms with Gasteiger partial charge in [0.25, 0.3) is 11.6 Å². The third kappa shape index (κ3) is 4.55. The van der Waals surface area contributed by atoms with Crippen molar-refractivity contribution in [3.8, 4) is 6.07 Å². The molecule has 1 atom stereocenters. The molecule has 0 spiro atoms. The summed E-state index contributed by atoms with van der Waals surface area (Å²) >= 11 is 0. The first-order valence-corrected chi connectivity index (χ1v) is 7.33. The summed E-state index contributed by atoms with van der Waals surface area (Å²) in [6.07, 6.45) is 1.26. The Labute approximate surface area is 147 Å². The summed E-state index contributed by atoms with van der Waals surface area (Å²) < 4.78 is 9.94. The Kier molecular flexibility index (Phi) is 5.84. The summed E-state index contributed by atoms with van der Waals surface area (Å²) in [5.41, 5.74) is -0.683. The number of para-hydroxylation sites is 2. The molecule has 9 nitrogen and oxygen atoms in total. The summed E-state index contributed by atoms with van der Waals surface area (Å²) in [6, 6.07) is 10.3. The fraction of sp³-hybridized carbons (Fsp3) is 0.118. The molecule has 9 heteroatoms. The number of nitro benzene ring substituents is 1. The lowest BCUT2D eigenvalue weighted by atomic mass is 10.2. The van der Waals surface area contributed by atoms with Crippen LogP contribution in [0.3, 0.4) is 0 Å². The zero-order valence-electron chi connectivity index (χ0n) is 13.5. The van der Waals surface area contributed by atoms with Gasteiger partial charge < -0.3 is 14.5 Å². The molecule has 1 heterocycles. The van der Waals surface area contributed by atoms with Crippen LogP contribution < -0.4 is 5.32 Å². The number of ether oxygens (including phenoxy) is 1. The third-order valence-electron chi connectivity index (χ3n) is 3.18. The highest BCUT2D eigenvalue weighted by Crippen LogP contribution is 2.23. The first-order valence-electron chi connectivity index (χ1n) is 7.33. The van der Waals surface area contributed by atoms with E-state index in [4.69, 9.17) is 14.4 Å². The molecule has 1 N–H and O–H groups in total. The van der Waals surface area contributed by atoms with Gasteiger partial charge in [-0.2, -0.15) is 5.26 Å². The Bertz CT molecular complexity index is 895. The second kappa shape index (κ2) is 8.25. The van der Waals surface area contributed by atoms with Crippen LogP contribution >= 0.6 is 0 Å². The van der Waals surface area contributed by atoms with Gasteiger partial charge >= 0.3 is 5.97 Å². The van der Waals surface area contributed by atoms with Crippen LogP contribution in [-0.4, -0.2) is 22.9 Å². The van der Waals surface area contributed by atoms with E-state index in [2.05, 4.69) is 5.32 Å². The average Bonchev–Trinajstić information content (AvgIpc) is 3.12. The van der Waals surface area contributed by atoms with Gasteiger partial charge in [0, 0.05) is 12.1 Å². The summed E-state index contributed by atoms with van der Waals surface area (Å²) in [5.74, 6) is -1.52. The number of furan rings is 1.